The van der Waals surface area contributed by atoms with Crippen molar-refractivity contribution in [3.8, 4) is 0 Å². The monoisotopic (exact) mass is 438 g/mol. The first-order valence-electron chi connectivity index (χ1n) is 8.25. The molecule has 0 radical (unpaired) electrons. The Balaban J connectivity index is 2.33. The molecular weight excluding hydrogens is 416 g/mol. The lowest BCUT2D eigenvalue weighted by Gasteiger charge is -2.20. The number of nitrogens with one attached hydrogen (secondary N) is 2. The van der Waals surface area contributed by atoms with Crippen molar-refractivity contribution in [2.45, 2.75) is 44.6 Å². The van der Waals surface area contributed by atoms with E-state index in [1.54, 1.807) is 32.9 Å². The van der Waals surface area contributed by atoms with Gasteiger partial charge in [0.05, 0.1) is 10.5 Å². The molecule has 2 N–H and O–H groups in total. The molecule has 0 aliphatic rings. The van der Waals surface area contributed by atoms with Gasteiger partial charge in [-0.05, 0) is 79.0 Å². The summed E-state index contributed by atoms with van der Waals surface area (Å²) in [6.07, 6.45) is 0.861. The lowest BCUT2D eigenvalue weighted by molar-refractivity contribution is 0.102. The number of rotatable bonds is 5. The molecule has 26 heavy (non-hydrogen) atoms. The van der Waals surface area contributed by atoms with Gasteiger partial charge >= 0.3 is 0 Å². The maximum absolute atomic E-state index is 12.6. The third-order valence-corrected chi connectivity index (χ3v) is 5.97. The van der Waals surface area contributed by atoms with Crippen LogP contribution < -0.4 is 10.0 Å². The highest BCUT2D eigenvalue weighted by Gasteiger charge is 2.23. The molecule has 5 nitrogen and oxygen atoms in total. The van der Waals surface area contributed by atoms with Gasteiger partial charge in [-0.2, -0.15) is 0 Å². The zero-order chi connectivity index (χ0) is 19.5. The number of carbonyl (C=O) groups excluding carboxylic acids is 1. The van der Waals surface area contributed by atoms with E-state index in [-0.39, 0.29) is 16.4 Å². The predicted molar refractivity (Wildman–Crippen MR) is 108 cm³/mol. The van der Waals surface area contributed by atoms with Crippen molar-refractivity contribution in [2.75, 3.05) is 5.32 Å². The molecule has 1 amide bonds. The van der Waals surface area contributed by atoms with E-state index in [1.165, 1.54) is 12.1 Å². The highest BCUT2D eigenvalue weighted by atomic mass is 79.9. The molecule has 0 spiro atoms. The summed E-state index contributed by atoms with van der Waals surface area (Å²) in [6, 6.07) is 12.0. The lowest BCUT2D eigenvalue weighted by atomic mass is 10.1. The Hall–Kier alpha value is -1.70. The van der Waals surface area contributed by atoms with Crippen LogP contribution >= 0.6 is 15.9 Å². The normalized spacial score (nSPS) is 12.0. The van der Waals surface area contributed by atoms with Crippen molar-refractivity contribution in [3.63, 3.8) is 0 Å². The van der Waals surface area contributed by atoms with Gasteiger partial charge in [-0.1, -0.05) is 19.1 Å². The maximum atomic E-state index is 12.6. The summed E-state index contributed by atoms with van der Waals surface area (Å²) in [6.45, 7) is 7.32. The summed E-state index contributed by atoms with van der Waals surface area (Å²) >= 11 is 3.32. The summed E-state index contributed by atoms with van der Waals surface area (Å²) < 4.78 is 28.1. The molecule has 0 aliphatic heterocycles. The molecule has 0 bridgehead atoms. The van der Waals surface area contributed by atoms with Gasteiger partial charge < -0.3 is 5.32 Å². The third-order valence-electron chi connectivity index (χ3n) is 3.53. The van der Waals surface area contributed by atoms with Crippen LogP contribution in [-0.2, 0) is 16.4 Å². The number of halogens is 1. The molecule has 0 fully saturated rings. The van der Waals surface area contributed by atoms with E-state index in [9.17, 15) is 13.2 Å². The Kier molecular flexibility index (Phi) is 6.26. The van der Waals surface area contributed by atoms with Crippen LogP contribution in [0.1, 0.15) is 43.6 Å². The molecule has 7 heteroatoms. The Labute approximate surface area is 163 Å². The molecule has 0 aliphatic carbocycles. The van der Waals surface area contributed by atoms with Crippen LogP contribution in [0.2, 0.25) is 0 Å². The van der Waals surface area contributed by atoms with Crippen molar-refractivity contribution in [3.05, 3.63) is 58.1 Å². The van der Waals surface area contributed by atoms with Gasteiger partial charge in [-0.3, -0.25) is 4.79 Å². The van der Waals surface area contributed by atoms with Gasteiger partial charge in [0, 0.05) is 15.7 Å². The fourth-order valence-electron chi connectivity index (χ4n) is 2.37. The second-order valence-corrected chi connectivity index (χ2v) is 9.54. The molecule has 2 aromatic rings. The van der Waals surface area contributed by atoms with Gasteiger partial charge in [0.25, 0.3) is 5.91 Å². The van der Waals surface area contributed by atoms with E-state index in [1.807, 2.05) is 25.1 Å². The Morgan fingerprint density at radius 2 is 1.81 bits per heavy atom. The van der Waals surface area contributed by atoms with Crippen molar-refractivity contribution < 1.29 is 13.2 Å². The molecule has 0 saturated heterocycles. The largest absolute Gasteiger partial charge is 0.322 e. The first-order chi connectivity index (χ1) is 12.0. The minimum Gasteiger partial charge on any atom is -0.322 e. The van der Waals surface area contributed by atoms with Gasteiger partial charge in [-0.15, -0.1) is 0 Å². The van der Waals surface area contributed by atoms with E-state index < -0.39 is 15.6 Å². The smallest absolute Gasteiger partial charge is 0.256 e. The van der Waals surface area contributed by atoms with Gasteiger partial charge in [0.15, 0.2) is 0 Å². The molecule has 0 aromatic heterocycles. The van der Waals surface area contributed by atoms with Crippen LogP contribution in [0, 0.1) is 0 Å². The minimum atomic E-state index is -3.73. The van der Waals surface area contributed by atoms with Gasteiger partial charge in [0.1, 0.15) is 0 Å². The van der Waals surface area contributed by atoms with Crippen LogP contribution in [-0.4, -0.2) is 19.9 Å². The minimum absolute atomic E-state index is 0.0445. The second-order valence-electron chi connectivity index (χ2n) is 7.01. The molecule has 0 unspecified atom stereocenters. The summed E-state index contributed by atoms with van der Waals surface area (Å²) in [5, 5.41) is 2.82. The SMILES string of the molecule is CCc1cccc(NC(=O)c2cc(S(=O)(=O)NC(C)(C)C)ccc2Br)c1. The lowest BCUT2D eigenvalue weighted by Crippen LogP contribution is -2.40. The van der Waals surface area contributed by atoms with E-state index in [0.717, 1.165) is 12.0 Å². The first kappa shape index (κ1) is 20.6. The average Bonchev–Trinajstić information content (AvgIpc) is 2.52. The number of hydrogen-bond donors (Lipinski definition) is 2. The number of anilines is 1. The Morgan fingerprint density at radius 3 is 2.42 bits per heavy atom. The van der Waals surface area contributed by atoms with Gasteiger partial charge in [0.2, 0.25) is 10.0 Å². The van der Waals surface area contributed by atoms with Crippen molar-refractivity contribution in [2.24, 2.45) is 0 Å². The zero-order valence-electron chi connectivity index (χ0n) is 15.3. The second kappa shape index (κ2) is 7.90. The predicted octanol–water partition coefficient (Wildman–Crippen LogP) is 4.34. The van der Waals surface area contributed by atoms with Crippen LogP contribution in [0.3, 0.4) is 0 Å². The van der Waals surface area contributed by atoms with E-state index in [4.69, 9.17) is 0 Å². The molecule has 2 aromatic carbocycles. The van der Waals surface area contributed by atoms with Crippen molar-refractivity contribution in [1.29, 1.82) is 0 Å². The van der Waals surface area contributed by atoms with Crippen LogP contribution in [0.15, 0.2) is 51.8 Å². The quantitative estimate of drug-likeness (QED) is 0.728. The molecule has 140 valence electrons. The highest BCUT2D eigenvalue weighted by molar-refractivity contribution is 9.10. The van der Waals surface area contributed by atoms with E-state index in [0.29, 0.717) is 10.2 Å². The summed E-state index contributed by atoms with van der Waals surface area (Å²) in [5.41, 5.74) is 1.41. The number of aryl methyl sites for hydroxylation is 1. The summed E-state index contributed by atoms with van der Waals surface area (Å²) in [5.74, 6) is -0.377. The molecular formula is C19H23BrN2O3S. The Morgan fingerprint density at radius 1 is 1.12 bits per heavy atom. The molecule has 0 atom stereocenters. The van der Waals surface area contributed by atoms with E-state index >= 15 is 0 Å². The average molecular weight is 439 g/mol. The van der Waals surface area contributed by atoms with Crippen molar-refractivity contribution in [1.82, 2.24) is 4.72 Å². The maximum Gasteiger partial charge on any atom is 0.256 e. The number of hydrogen-bond acceptors (Lipinski definition) is 3. The van der Waals surface area contributed by atoms with Crippen LogP contribution in [0.25, 0.3) is 0 Å². The summed E-state index contributed by atoms with van der Waals surface area (Å²) in [7, 11) is -3.73. The van der Waals surface area contributed by atoms with E-state index in [2.05, 4.69) is 26.0 Å². The van der Waals surface area contributed by atoms with Gasteiger partial charge in [-0.25, -0.2) is 13.1 Å². The highest BCUT2D eigenvalue weighted by Crippen LogP contribution is 2.23. The zero-order valence-corrected chi connectivity index (χ0v) is 17.7. The number of benzene rings is 2. The van der Waals surface area contributed by atoms with Crippen molar-refractivity contribution >= 4 is 37.5 Å². The number of amides is 1. The number of carbonyl (C=O) groups is 1. The topological polar surface area (TPSA) is 75.3 Å². The third kappa shape index (κ3) is 5.40. The fourth-order valence-corrected chi connectivity index (χ4v) is 4.25. The van der Waals surface area contributed by atoms with Crippen LogP contribution in [0.4, 0.5) is 5.69 Å². The number of sulfonamides is 1. The molecule has 2 rings (SSSR count). The standard InChI is InChI=1S/C19H23BrN2O3S/c1-5-13-7-6-8-14(11-13)21-18(23)16-12-15(9-10-17(16)20)26(24,25)22-19(2,3)4/h6-12,22H,5H2,1-4H3,(H,21,23). The molecule has 0 heterocycles. The summed E-state index contributed by atoms with van der Waals surface area (Å²) in [4.78, 5) is 12.7. The Bertz CT molecular complexity index is 919. The molecule has 0 saturated carbocycles. The first-order valence-corrected chi connectivity index (χ1v) is 10.5. The van der Waals surface area contributed by atoms with Crippen LogP contribution in [0.5, 0.6) is 0 Å². The fraction of sp³-hybridized carbons (Fsp3) is 0.316.